The van der Waals surface area contributed by atoms with E-state index in [2.05, 4.69) is 42.0 Å². The lowest BCUT2D eigenvalue weighted by atomic mass is 9.94. The van der Waals surface area contributed by atoms with E-state index in [1.807, 2.05) is 60.7 Å². The van der Waals surface area contributed by atoms with Crippen LogP contribution in [0.4, 0.5) is 0 Å². The first kappa shape index (κ1) is 23.7. The van der Waals surface area contributed by atoms with Gasteiger partial charge >= 0.3 is 5.97 Å². The largest absolute Gasteiger partial charge is 0.457 e. The fourth-order valence-electron chi connectivity index (χ4n) is 3.24. The Hall–Kier alpha value is -2.92. The Labute approximate surface area is 198 Å². The summed E-state index contributed by atoms with van der Waals surface area (Å²) in [5.41, 5.74) is 4.39. The van der Waals surface area contributed by atoms with E-state index in [4.69, 9.17) is 4.74 Å². The summed E-state index contributed by atoms with van der Waals surface area (Å²) in [4.78, 5) is 25.9. The monoisotopic (exact) mass is 493 g/mol. The van der Waals surface area contributed by atoms with Crippen molar-refractivity contribution in [3.8, 4) is 11.1 Å². The zero-order valence-electron chi connectivity index (χ0n) is 18.7. The van der Waals surface area contributed by atoms with Gasteiger partial charge in [0.25, 0.3) is 5.91 Å². The van der Waals surface area contributed by atoms with Gasteiger partial charge < -0.3 is 10.1 Å². The predicted octanol–water partition coefficient (Wildman–Crippen LogP) is 6.38. The molecule has 0 aromatic heterocycles. The van der Waals surface area contributed by atoms with Crippen LogP contribution >= 0.6 is 15.9 Å². The van der Waals surface area contributed by atoms with Crippen LogP contribution in [-0.2, 0) is 16.7 Å². The van der Waals surface area contributed by atoms with Crippen molar-refractivity contribution in [2.45, 2.75) is 32.7 Å². The first-order valence-electron chi connectivity index (χ1n) is 10.6. The Bertz CT molecular complexity index is 1090. The molecule has 0 aliphatic carbocycles. The van der Waals surface area contributed by atoms with Crippen LogP contribution in [0, 0.1) is 5.41 Å². The molecule has 3 aromatic carbocycles. The zero-order chi connectivity index (χ0) is 23.1. The van der Waals surface area contributed by atoms with E-state index in [1.165, 1.54) is 0 Å². The number of rotatable bonds is 7. The molecule has 0 spiro atoms. The highest BCUT2D eigenvalue weighted by molar-refractivity contribution is 9.08. The minimum atomic E-state index is -0.460. The van der Waals surface area contributed by atoms with Crippen molar-refractivity contribution in [2.75, 3.05) is 6.54 Å². The highest BCUT2D eigenvalue weighted by Gasteiger charge is 2.20. The Morgan fingerprint density at radius 3 is 2.28 bits per heavy atom. The van der Waals surface area contributed by atoms with Gasteiger partial charge in [0.05, 0.1) is 5.56 Å². The highest BCUT2D eigenvalue weighted by atomic mass is 79.9. The van der Waals surface area contributed by atoms with Crippen molar-refractivity contribution < 1.29 is 14.3 Å². The summed E-state index contributed by atoms with van der Waals surface area (Å²) in [7, 11) is 0. The van der Waals surface area contributed by atoms with Crippen molar-refractivity contribution in [1.82, 2.24) is 5.32 Å². The molecule has 0 aliphatic rings. The van der Waals surface area contributed by atoms with Crippen LogP contribution in [0.15, 0.2) is 72.8 Å². The number of hydrogen-bond donors (Lipinski definition) is 1. The molecule has 0 heterocycles. The molecule has 0 saturated carbocycles. The maximum Gasteiger partial charge on any atom is 0.339 e. The van der Waals surface area contributed by atoms with Crippen LogP contribution in [0.25, 0.3) is 11.1 Å². The smallest absolute Gasteiger partial charge is 0.339 e. The predicted molar refractivity (Wildman–Crippen MR) is 132 cm³/mol. The van der Waals surface area contributed by atoms with Gasteiger partial charge in [0.1, 0.15) is 6.61 Å². The van der Waals surface area contributed by atoms with Gasteiger partial charge in [-0.3, -0.25) is 4.79 Å². The Balaban J connectivity index is 1.95. The van der Waals surface area contributed by atoms with Crippen molar-refractivity contribution in [2.24, 2.45) is 5.41 Å². The maximum absolute atomic E-state index is 13.1. The van der Waals surface area contributed by atoms with E-state index in [0.29, 0.717) is 23.0 Å². The SMILES string of the molecule is CC(C)(C)CNC(=O)c1ccc(-c2ccccc2CBr)c(C(=O)OCc2ccccc2)c1. The Kier molecular flexibility index (Phi) is 7.86. The summed E-state index contributed by atoms with van der Waals surface area (Å²) in [6, 6.07) is 22.6. The zero-order valence-corrected chi connectivity index (χ0v) is 20.2. The molecular weight excluding hydrogens is 466 g/mol. The first-order valence-corrected chi connectivity index (χ1v) is 11.7. The lowest BCUT2D eigenvalue weighted by Gasteiger charge is -2.19. The Morgan fingerprint density at radius 2 is 1.59 bits per heavy atom. The summed E-state index contributed by atoms with van der Waals surface area (Å²) < 4.78 is 5.62. The molecule has 1 amide bonds. The molecule has 0 aliphatic heterocycles. The summed E-state index contributed by atoms with van der Waals surface area (Å²) in [6.45, 7) is 6.87. The van der Waals surface area contributed by atoms with Crippen molar-refractivity contribution in [3.63, 3.8) is 0 Å². The molecule has 166 valence electrons. The third-order valence-corrected chi connectivity index (χ3v) is 5.55. The number of amides is 1. The molecule has 0 bridgehead atoms. The molecule has 0 atom stereocenters. The van der Waals surface area contributed by atoms with Crippen molar-refractivity contribution >= 4 is 27.8 Å². The summed E-state index contributed by atoms with van der Waals surface area (Å²) in [6.07, 6.45) is 0. The number of ether oxygens (including phenoxy) is 1. The van der Waals surface area contributed by atoms with E-state index in [9.17, 15) is 9.59 Å². The molecule has 3 aromatic rings. The van der Waals surface area contributed by atoms with Crippen LogP contribution in [0.1, 0.15) is 52.6 Å². The maximum atomic E-state index is 13.1. The van der Waals surface area contributed by atoms with E-state index in [-0.39, 0.29) is 17.9 Å². The number of benzene rings is 3. The van der Waals surface area contributed by atoms with Crippen LogP contribution in [0.3, 0.4) is 0 Å². The number of carbonyl (C=O) groups excluding carboxylic acids is 2. The molecule has 32 heavy (non-hydrogen) atoms. The second kappa shape index (κ2) is 10.6. The second-order valence-corrected chi connectivity index (χ2v) is 9.42. The van der Waals surface area contributed by atoms with Gasteiger partial charge in [-0.1, -0.05) is 97.4 Å². The normalized spacial score (nSPS) is 11.1. The quantitative estimate of drug-likeness (QED) is 0.306. The Morgan fingerprint density at radius 1 is 0.906 bits per heavy atom. The van der Waals surface area contributed by atoms with Gasteiger partial charge in [-0.05, 0) is 39.8 Å². The van der Waals surface area contributed by atoms with E-state index < -0.39 is 5.97 Å². The number of halogens is 1. The van der Waals surface area contributed by atoms with Gasteiger partial charge in [0.2, 0.25) is 0 Å². The number of esters is 1. The van der Waals surface area contributed by atoms with E-state index in [0.717, 1.165) is 22.3 Å². The van der Waals surface area contributed by atoms with Crippen molar-refractivity contribution in [1.29, 1.82) is 0 Å². The fraction of sp³-hybridized carbons (Fsp3) is 0.259. The summed E-state index contributed by atoms with van der Waals surface area (Å²) in [5.74, 6) is -0.670. The lowest BCUT2D eigenvalue weighted by molar-refractivity contribution is 0.0473. The van der Waals surface area contributed by atoms with Gasteiger partial charge in [0, 0.05) is 17.4 Å². The second-order valence-electron chi connectivity index (χ2n) is 8.86. The number of carbonyl (C=O) groups is 2. The highest BCUT2D eigenvalue weighted by Crippen LogP contribution is 2.30. The van der Waals surface area contributed by atoms with Gasteiger partial charge in [-0.15, -0.1) is 0 Å². The molecule has 0 saturated heterocycles. The fourth-order valence-corrected chi connectivity index (χ4v) is 3.73. The van der Waals surface area contributed by atoms with Crippen LogP contribution in [-0.4, -0.2) is 18.4 Å². The number of hydrogen-bond acceptors (Lipinski definition) is 3. The molecule has 0 fully saturated rings. The van der Waals surface area contributed by atoms with Crippen molar-refractivity contribution in [3.05, 3.63) is 95.1 Å². The molecule has 3 rings (SSSR count). The summed E-state index contributed by atoms with van der Waals surface area (Å²) >= 11 is 3.53. The van der Waals surface area contributed by atoms with Gasteiger partial charge in [0.15, 0.2) is 0 Å². The van der Waals surface area contributed by atoms with E-state index >= 15 is 0 Å². The van der Waals surface area contributed by atoms with Crippen LogP contribution in [0.5, 0.6) is 0 Å². The third kappa shape index (κ3) is 6.30. The number of nitrogens with one attached hydrogen (secondary N) is 1. The minimum absolute atomic E-state index is 0.0398. The van der Waals surface area contributed by atoms with Crippen LogP contribution in [0.2, 0.25) is 0 Å². The summed E-state index contributed by atoms with van der Waals surface area (Å²) in [5, 5.41) is 3.59. The topological polar surface area (TPSA) is 55.4 Å². The molecule has 0 radical (unpaired) electrons. The average Bonchev–Trinajstić information content (AvgIpc) is 2.80. The standard InChI is InChI=1S/C27H28BrNO3/c1-27(2,3)18-29-25(30)20-13-14-23(22-12-8-7-11-21(22)16-28)24(15-20)26(31)32-17-19-9-5-4-6-10-19/h4-15H,16-18H2,1-3H3,(H,29,30). The van der Waals surface area contributed by atoms with E-state index in [1.54, 1.807) is 12.1 Å². The number of alkyl halides is 1. The molecule has 1 N–H and O–H groups in total. The van der Waals surface area contributed by atoms with Gasteiger partial charge in [-0.2, -0.15) is 0 Å². The molecule has 4 nitrogen and oxygen atoms in total. The molecule has 5 heteroatoms. The molecule has 0 unspecified atom stereocenters. The first-order chi connectivity index (χ1) is 15.3. The molecular formula is C27H28BrNO3. The van der Waals surface area contributed by atoms with Gasteiger partial charge in [-0.25, -0.2) is 4.79 Å². The third-order valence-electron chi connectivity index (χ3n) is 4.95. The van der Waals surface area contributed by atoms with Crippen LogP contribution < -0.4 is 5.32 Å². The minimum Gasteiger partial charge on any atom is -0.457 e. The lowest BCUT2D eigenvalue weighted by Crippen LogP contribution is -2.32. The average molecular weight is 494 g/mol.